The molecular weight excluding hydrogens is 446 g/mol. The monoisotopic (exact) mass is 472 g/mol. The molecule has 0 amide bonds. The van der Waals surface area contributed by atoms with Gasteiger partial charge in [0.1, 0.15) is 11.6 Å². The van der Waals surface area contributed by atoms with E-state index in [1.165, 1.54) is 25.0 Å². The highest BCUT2D eigenvalue weighted by Crippen LogP contribution is 2.20. The van der Waals surface area contributed by atoms with Gasteiger partial charge in [-0.1, -0.05) is 19.8 Å². The number of hydrogen-bond acceptors (Lipinski definition) is 3. The van der Waals surface area contributed by atoms with Crippen LogP contribution in [0.1, 0.15) is 31.7 Å². The normalized spacial score (nSPS) is 10.8. The van der Waals surface area contributed by atoms with Crippen molar-refractivity contribution in [3.8, 4) is 11.6 Å². The first-order valence-corrected chi connectivity index (χ1v) is 8.54. The van der Waals surface area contributed by atoms with Crippen LogP contribution in [0.15, 0.2) is 47.6 Å². The van der Waals surface area contributed by atoms with Crippen molar-refractivity contribution in [2.75, 3.05) is 13.6 Å². The number of aromatic nitrogens is 1. The fourth-order valence-corrected chi connectivity index (χ4v) is 2.23. The number of halogens is 2. The van der Waals surface area contributed by atoms with E-state index < -0.39 is 0 Å². The van der Waals surface area contributed by atoms with Gasteiger partial charge < -0.3 is 15.4 Å². The summed E-state index contributed by atoms with van der Waals surface area (Å²) < 4.78 is 18.6. The second-order valence-electron chi connectivity index (χ2n) is 5.62. The number of guanidine groups is 1. The van der Waals surface area contributed by atoms with Crippen LogP contribution >= 0.6 is 24.0 Å². The lowest BCUT2D eigenvalue weighted by molar-refractivity contribution is 0.460. The number of pyridine rings is 1. The lowest BCUT2D eigenvalue weighted by Gasteiger charge is -2.12. The molecule has 2 aromatic rings. The summed E-state index contributed by atoms with van der Waals surface area (Å²) in [5.41, 5.74) is 1.02. The van der Waals surface area contributed by atoms with E-state index >= 15 is 0 Å². The molecule has 1 aromatic heterocycles. The highest BCUT2D eigenvalue weighted by atomic mass is 127. The van der Waals surface area contributed by atoms with Gasteiger partial charge in [-0.3, -0.25) is 4.99 Å². The third-order valence-electron chi connectivity index (χ3n) is 3.59. The Balaban J connectivity index is 0.00000338. The van der Waals surface area contributed by atoms with Crippen LogP contribution in [0.2, 0.25) is 0 Å². The standard InChI is InChI=1S/C19H25FN4O.HI/c1-3-4-5-11-23-19(21-2)24-14-15-10-12-22-18(13-15)25-17-8-6-16(20)7-9-17;/h6-10,12-13H,3-5,11,14H2,1-2H3,(H2,21,23,24);1H. The van der Waals surface area contributed by atoms with Crippen LogP contribution < -0.4 is 15.4 Å². The lowest BCUT2D eigenvalue weighted by Crippen LogP contribution is -2.37. The molecule has 0 aliphatic heterocycles. The molecule has 0 saturated heterocycles. The van der Waals surface area contributed by atoms with Crippen molar-refractivity contribution in [2.24, 2.45) is 4.99 Å². The second-order valence-corrected chi connectivity index (χ2v) is 5.62. The van der Waals surface area contributed by atoms with Crippen molar-refractivity contribution in [1.29, 1.82) is 0 Å². The Bertz CT molecular complexity index is 679. The fraction of sp³-hybridized carbons (Fsp3) is 0.368. The Hall–Kier alpha value is -1.90. The van der Waals surface area contributed by atoms with E-state index in [0.29, 0.717) is 18.2 Å². The van der Waals surface area contributed by atoms with Crippen molar-refractivity contribution in [3.05, 3.63) is 54.0 Å². The highest BCUT2D eigenvalue weighted by molar-refractivity contribution is 14.0. The van der Waals surface area contributed by atoms with E-state index in [1.54, 1.807) is 25.4 Å². The van der Waals surface area contributed by atoms with Gasteiger partial charge >= 0.3 is 0 Å². The molecule has 0 spiro atoms. The van der Waals surface area contributed by atoms with E-state index in [4.69, 9.17) is 4.74 Å². The molecule has 2 N–H and O–H groups in total. The number of ether oxygens (including phenoxy) is 1. The minimum Gasteiger partial charge on any atom is -0.439 e. The zero-order chi connectivity index (χ0) is 17.9. The van der Waals surface area contributed by atoms with Gasteiger partial charge in [-0.15, -0.1) is 24.0 Å². The summed E-state index contributed by atoms with van der Waals surface area (Å²) in [7, 11) is 1.75. The van der Waals surface area contributed by atoms with Crippen LogP contribution in [-0.2, 0) is 6.54 Å². The molecule has 5 nitrogen and oxygen atoms in total. The Labute approximate surface area is 171 Å². The smallest absolute Gasteiger partial charge is 0.219 e. The van der Waals surface area contributed by atoms with E-state index in [0.717, 1.165) is 24.5 Å². The molecule has 0 radical (unpaired) electrons. The summed E-state index contributed by atoms with van der Waals surface area (Å²) in [4.78, 5) is 8.40. The zero-order valence-electron chi connectivity index (χ0n) is 15.2. The Morgan fingerprint density at radius 3 is 2.62 bits per heavy atom. The number of aliphatic imine (C=N–C) groups is 1. The minimum atomic E-state index is -0.295. The van der Waals surface area contributed by atoms with Crippen LogP contribution in [0.3, 0.4) is 0 Å². The summed E-state index contributed by atoms with van der Waals surface area (Å²) in [6.07, 6.45) is 5.22. The number of hydrogen-bond donors (Lipinski definition) is 2. The average Bonchev–Trinajstić information content (AvgIpc) is 2.63. The van der Waals surface area contributed by atoms with E-state index in [1.807, 2.05) is 12.1 Å². The lowest BCUT2D eigenvalue weighted by atomic mass is 10.2. The van der Waals surface area contributed by atoms with Crippen LogP contribution in [-0.4, -0.2) is 24.5 Å². The van der Waals surface area contributed by atoms with Gasteiger partial charge in [0.2, 0.25) is 5.88 Å². The first-order chi connectivity index (χ1) is 12.2. The summed E-state index contributed by atoms with van der Waals surface area (Å²) in [5, 5.41) is 6.56. The number of unbranched alkanes of at least 4 members (excludes halogenated alkanes) is 2. The van der Waals surface area contributed by atoms with E-state index in [2.05, 4.69) is 27.5 Å². The summed E-state index contributed by atoms with van der Waals surface area (Å²) in [6, 6.07) is 9.62. The molecule has 7 heteroatoms. The average molecular weight is 472 g/mol. The van der Waals surface area contributed by atoms with Crippen LogP contribution in [0.4, 0.5) is 4.39 Å². The van der Waals surface area contributed by atoms with Crippen molar-refractivity contribution in [2.45, 2.75) is 32.7 Å². The molecule has 1 heterocycles. The molecule has 0 unspecified atom stereocenters. The van der Waals surface area contributed by atoms with Crippen LogP contribution in [0.5, 0.6) is 11.6 Å². The molecular formula is C19H26FIN4O. The molecule has 0 atom stereocenters. The number of nitrogens with one attached hydrogen (secondary N) is 2. The highest BCUT2D eigenvalue weighted by Gasteiger charge is 2.03. The summed E-state index contributed by atoms with van der Waals surface area (Å²) in [6.45, 7) is 3.70. The summed E-state index contributed by atoms with van der Waals surface area (Å²) >= 11 is 0. The van der Waals surface area contributed by atoms with Crippen LogP contribution in [0.25, 0.3) is 0 Å². The molecule has 0 saturated carbocycles. The molecule has 2 rings (SSSR count). The first kappa shape index (κ1) is 22.1. The SMILES string of the molecule is CCCCCNC(=NC)NCc1ccnc(Oc2ccc(F)cc2)c1.I. The van der Waals surface area contributed by atoms with Crippen molar-refractivity contribution < 1.29 is 9.13 Å². The molecule has 1 aromatic carbocycles. The van der Waals surface area contributed by atoms with Crippen LogP contribution in [0, 0.1) is 5.82 Å². The third-order valence-corrected chi connectivity index (χ3v) is 3.59. The Morgan fingerprint density at radius 1 is 1.15 bits per heavy atom. The topological polar surface area (TPSA) is 58.5 Å². The quantitative estimate of drug-likeness (QED) is 0.257. The molecule has 0 aliphatic rings. The second kappa shape index (κ2) is 12.5. The van der Waals surface area contributed by atoms with Gasteiger partial charge in [-0.2, -0.15) is 0 Å². The number of benzene rings is 1. The third kappa shape index (κ3) is 7.99. The number of rotatable bonds is 8. The van der Waals surface area contributed by atoms with Gasteiger partial charge in [0.15, 0.2) is 5.96 Å². The van der Waals surface area contributed by atoms with Gasteiger partial charge in [-0.05, 0) is 42.3 Å². The maximum absolute atomic E-state index is 12.9. The Kier molecular flexibility index (Phi) is 10.6. The molecule has 26 heavy (non-hydrogen) atoms. The van der Waals surface area contributed by atoms with Crippen molar-refractivity contribution in [1.82, 2.24) is 15.6 Å². The van der Waals surface area contributed by atoms with Gasteiger partial charge in [0.25, 0.3) is 0 Å². The molecule has 0 bridgehead atoms. The maximum atomic E-state index is 12.9. The summed E-state index contributed by atoms with van der Waals surface area (Å²) in [5.74, 6) is 1.49. The largest absolute Gasteiger partial charge is 0.439 e. The maximum Gasteiger partial charge on any atom is 0.219 e. The predicted molar refractivity (Wildman–Crippen MR) is 114 cm³/mol. The predicted octanol–water partition coefficient (Wildman–Crippen LogP) is 4.49. The minimum absolute atomic E-state index is 0. The molecule has 0 fully saturated rings. The zero-order valence-corrected chi connectivity index (χ0v) is 17.5. The van der Waals surface area contributed by atoms with E-state index in [9.17, 15) is 4.39 Å². The van der Waals surface area contributed by atoms with Gasteiger partial charge in [0.05, 0.1) is 0 Å². The number of nitrogens with zero attached hydrogens (tertiary/aromatic N) is 2. The fourth-order valence-electron chi connectivity index (χ4n) is 2.23. The van der Waals surface area contributed by atoms with Crippen molar-refractivity contribution in [3.63, 3.8) is 0 Å². The van der Waals surface area contributed by atoms with Gasteiger partial charge in [0, 0.05) is 32.4 Å². The Morgan fingerprint density at radius 2 is 1.92 bits per heavy atom. The molecule has 0 aliphatic carbocycles. The van der Waals surface area contributed by atoms with E-state index in [-0.39, 0.29) is 29.8 Å². The van der Waals surface area contributed by atoms with Gasteiger partial charge in [-0.25, -0.2) is 9.37 Å². The van der Waals surface area contributed by atoms with Crippen molar-refractivity contribution >= 4 is 29.9 Å². The molecule has 142 valence electrons. The first-order valence-electron chi connectivity index (χ1n) is 8.54.